The molecule has 0 aromatic heterocycles. The summed E-state index contributed by atoms with van der Waals surface area (Å²) >= 11 is 0. The molecule has 1 aliphatic heterocycles. The van der Waals surface area contributed by atoms with E-state index in [4.69, 9.17) is 4.74 Å². The van der Waals surface area contributed by atoms with Gasteiger partial charge in [-0.3, -0.25) is 4.79 Å². The predicted molar refractivity (Wildman–Crippen MR) is 66.9 cm³/mol. The predicted octanol–water partition coefficient (Wildman–Crippen LogP) is 2.15. The standard InChI is InChI=1S/C14H15NO3/c1-2-6-13(16)15-12(10-18-14(15)17)9-11-7-4-3-5-8-11/h2-8,12H,9-10H2,1H3/b6-2+. The van der Waals surface area contributed by atoms with E-state index in [0.29, 0.717) is 6.42 Å². The van der Waals surface area contributed by atoms with Gasteiger partial charge in [0.2, 0.25) is 0 Å². The van der Waals surface area contributed by atoms with Gasteiger partial charge in [-0.1, -0.05) is 36.4 Å². The van der Waals surface area contributed by atoms with Crippen LogP contribution in [0.25, 0.3) is 0 Å². The van der Waals surface area contributed by atoms with Gasteiger partial charge in [0.05, 0.1) is 6.04 Å². The number of benzene rings is 1. The lowest BCUT2D eigenvalue weighted by atomic mass is 10.1. The quantitative estimate of drug-likeness (QED) is 0.766. The third-order valence-electron chi connectivity index (χ3n) is 2.82. The molecule has 1 unspecified atom stereocenters. The van der Waals surface area contributed by atoms with Crippen molar-refractivity contribution in [3.63, 3.8) is 0 Å². The van der Waals surface area contributed by atoms with Gasteiger partial charge in [-0.25, -0.2) is 9.69 Å². The van der Waals surface area contributed by atoms with E-state index in [9.17, 15) is 9.59 Å². The van der Waals surface area contributed by atoms with Gasteiger partial charge in [0.15, 0.2) is 0 Å². The molecule has 4 nitrogen and oxygen atoms in total. The molecule has 1 fully saturated rings. The number of imide groups is 1. The normalized spacial score (nSPS) is 19.3. The van der Waals surface area contributed by atoms with Crippen LogP contribution in [0.15, 0.2) is 42.5 Å². The molecule has 1 heterocycles. The van der Waals surface area contributed by atoms with Gasteiger partial charge >= 0.3 is 6.09 Å². The SMILES string of the molecule is C/C=C/C(=O)N1C(=O)OCC1Cc1ccccc1. The third kappa shape index (κ3) is 2.59. The summed E-state index contributed by atoms with van der Waals surface area (Å²) in [5, 5.41) is 0. The molecule has 0 N–H and O–H groups in total. The molecule has 2 rings (SSSR count). The molecule has 0 aliphatic carbocycles. The number of cyclic esters (lactones) is 1. The minimum atomic E-state index is -0.556. The zero-order valence-electron chi connectivity index (χ0n) is 10.2. The number of carbonyl (C=O) groups is 2. The van der Waals surface area contributed by atoms with Crippen molar-refractivity contribution in [2.45, 2.75) is 19.4 Å². The zero-order chi connectivity index (χ0) is 13.0. The van der Waals surface area contributed by atoms with Gasteiger partial charge in [0.1, 0.15) is 6.61 Å². The molecule has 1 aliphatic rings. The van der Waals surface area contributed by atoms with Crippen LogP contribution >= 0.6 is 0 Å². The number of amides is 2. The van der Waals surface area contributed by atoms with Crippen molar-refractivity contribution in [2.75, 3.05) is 6.61 Å². The Balaban J connectivity index is 2.12. The van der Waals surface area contributed by atoms with Crippen LogP contribution in [0.1, 0.15) is 12.5 Å². The number of allylic oxidation sites excluding steroid dienone is 1. The van der Waals surface area contributed by atoms with Gasteiger partial charge in [-0.15, -0.1) is 0 Å². The number of nitrogens with zero attached hydrogens (tertiary/aromatic N) is 1. The van der Waals surface area contributed by atoms with Crippen molar-refractivity contribution in [3.8, 4) is 0 Å². The fraction of sp³-hybridized carbons (Fsp3) is 0.286. The summed E-state index contributed by atoms with van der Waals surface area (Å²) in [5.74, 6) is -0.319. The summed E-state index contributed by atoms with van der Waals surface area (Å²) < 4.78 is 4.95. The second kappa shape index (κ2) is 5.49. The molecule has 0 radical (unpaired) electrons. The van der Waals surface area contributed by atoms with Gasteiger partial charge < -0.3 is 4.74 Å². The lowest BCUT2D eigenvalue weighted by Gasteiger charge is -2.17. The molecule has 1 aromatic carbocycles. The average Bonchev–Trinajstić information content (AvgIpc) is 2.72. The zero-order valence-corrected chi connectivity index (χ0v) is 10.2. The number of carbonyl (C=O) groups excluding carboxylic acids is 2. The van der Waals surface area contributed by atoms with E-state index in [1.54, 1.807) is 13.0 Å². The minimum Gasteiger partial charge on any atom is -0.447 e. The number of ether oxygens (including phenoxy) is 1. The van der Waals surface area contributed by atoms with Crippen LogP contribution in [-0.4, -0.2) is 29.5 Å². The number of rotatable bonds is 3. The van der Waals surface area contributed by atoms with Crippen molar-refractivity contribution in [3.05, 3.63) is 48.0 Å². The molecule has 1 aromatic rings. The highest BCUT2D eigenvalue weighted by Crippen LogP contribution is 2.17. The van der Waals surface area contributed by atoms with E-state index < -0.39 is 6.09 Å². The van der Waals surface area contributed by atoms with Crippen molar-refractivity contribution in [2.24, 2.45) is 0 Å². The molecule has 4 heteroatoms. The highest BCUT2D eigenvalue weighted by Gasteiger charge is 2.36. The first kappa shape index (κ1) is 12.4. The Morgan fingerprint density at radius 3 is 2.83 bits per heavy atom. The van der Waals surface area contributed by atoms with Crippen LogP contribution in [0.2, 0.25) is 0 Å². The average molecular weight is 245 g/mol. The lowest BCUT2D eigenvalue weighted by molar-refractivity contribution is -0.124. The molecule has 2 amide bonds. The molecule has 0 bridgehead atoms. The maximum absolute atomic E-state index is 11.8. The number of hydrogen-bond acceptors (Lipinski definition) is 3. The summed E-state index contributed by atoms with van der Waals surface area (Å²) in [6.07, 6.45) is 3.06. The molecular weight excluding hydrogens is 230 g/mol. The smallest absolute Gasteiger partial charge is 0.417 e. The maximum atomic E-state index is 11.8. The Labute approximate surface area is 106 Å². The second-order valence-electron chi connectivity index (χ2n) is 4.13. The summed E-state index contributed by atoms with van der Waals surface area (Å²) in [5.41, 5.74) is 1.08. The van der Waals surface area contributed by atoms with Crippen LogP contribution in [0, 0.1) is 0 Å². The first-order valence-corrected chi connectivity index (χ1v) is 5.89. The summed E-state index contributed by atoms with van der Waals surface area (Å²) in [6, 6.07) is 9.53. The monoisotopic (exact) mass is 245 g/mol. The Hall–Kier alpha value is -2.10. The van der Waals surface area contributed by atoms with Gasteiger partial charge in [0, 0.05) is 0 Å². The summed E-state index contributed by atoms with van der Waals surface area (Å²) in [7, 11) is 0. The summed E-state index contributed by atoms with van der Waals surface area (Å²) in [6.45, 7) is 2.00. The molecule has 18 heavy (non-hydrogen) atoms. The molecule has 94 valence electrons. The molecule has 0 saturated carbocycles. The molecular formula is C14H15NO3. The van der Waals surface area contributed by atoms with E-state index in [1.165, 1.54) is 11.0 Å². The van der Waals surface area contributed by atoms with Crippen molar-refractivity contribution < 1.29 is 14.3 Å². The first-order valence-electron chi connectivity index (χ1n) is 5.89. The lowest BCUT2D eigenvalue weighted by Crippen LogP contribution is -2.39. The van der Waals surface area contributed by atoms with E-state index in [1.807, 2.05) is 30.3 Å². The van der Waals surface area contributed by atoms with Gasteiger partial charge in [0.25, 0.3) is 5.91 Å². The van der Waals surface area contributed by atoms with Gasteiger partial charge in [-0.2, -0.15) is 0 Å². The van der Waals surface area contributed by atoms with E-state index in [0.717, 1.165) is 5.56 Å². The van der Waals surface area contributed by atoms with Crippen molar-refractivity contribution >= 4 is 12.0 Å². The maximum Gasteiger partial charge on any atom is 0.417 e. The van der Waals surface area contributed by atoms with E-state index in [-0.39, 0.29) is 18.6 Å². The van der Waals surface area contributed by atoms with E-state index >= 15 is 0 Å². The molecule has 0 spiro atoms. The topological polar surface area (TPSA) is 46.6 Å². The Morgan fingerprint density at radius 2 is 2.17 bits per heavy atom. The largest absolute Gasteiger partial charge is 0.447 e. The molecule has 1 saturated heterocycles. The second-order valence-corrected chi connectivity index (χ2v) is 4.13. The van der Waals surface area contributed by atoms with Crippen molar-refractivity contribution in [1.29, 1.82) is 0 Å². The van der Waals surface area contributed by atoms with Crippen LogP contribution in [0.3, 0.4) is 0 Å². The van der Waals surface area contributed by atoms with Crippen molar-refractivity contribution in [1.82, 2.24) is 4.90 Å². The minimum absolute atomic E-state index is 0.219. The van der Waals surface area contributed by atoms with Crippen LogP contribution in [0.5, 0.6) is 0 Å². The summed E-state index contributed by atoms with van der Waals surface area (Å²) in [4.78, 5) is 24.5. The Morgan fingerprint density at radius 1 is 1.44 bits per heavy atom. The highest BCUT2D eigenvalue weighted by atomic mass is 16.6. The number of hydrogen-bond donors (Lipinski definition) is 0. The van der Waals surface area contributed by atoms with Crippen LogP contribution < -0.4 is 0 Å². The Bertz CT molecular complexity index is 467. The van der Waals surface area contributed by atoms with Crippen LogP contribution in [0.4, 0.5) is 4.79 Å². The van der Waals surface area contributed by atoms with E-state index in [2.05, 4.69) is 0 Å². The highest BCUT2D eigenvalue weighted by molar-refractivity contribution is 5.99. The third-order valence-corrected chi connectivity index (χ3v) is 2.82. The Kier molecular flexibility index (Phi) is 3.77. The van der Waals surface area contributed by atoms with Gasteiger partial charge in [-0.05, 0) is 25.0 Å². The fourth-order valence-electron chi connectivity index (χ4n) is 1.99. The fourth-order valence-corrected chi connectivity index (χ4v) is 1.99. The molecule has 1 atom stereocenters. The van der Waals surface area contributed by atoms with Crippen LogP contribution in [-0.2, 0) is 16.0 Å². The first-order chi connectivity index (χ1) is 8.72.